The fourth-order valence-corrected chi connectivity index (χ4v) is 2.75. The Bertz CT molecular complexity index is 355. The molecule has 4 heteroatoms. The van der Waals surface area contributed by atoms with E-state index >= 15 is 0 Å². The first-order chi connectivity index (χ1) is 6.24. The first-order valence-electron chi connectivity index (χ1n) is 4.05. The topological polar surface area (TPSA) is 34.1 Å². The fourth-order valence-electron chi connectivity index (χ4n) is 1.10. The molecule has 0 radical (unpaired) electrons. The zero-order valence-electron chi connectivity index (χ0n) is 7.49. The van der Waals surface area contributed by atoms with E-state index in [-0.39, 0.29) is 20.9 Å². The van der Waals surface area contributed by atoms with Gasteiger partial charge in [-0.15, -0.1) is 0 Å². The van der Waals surface area contributed by atoms with Crippen molar-refractivity contribution >= 4 is 36.1 Å². The van der Waals surface area contributed by atoms with Crippen molar-refractivity contribution < 1.29 is 8.42 Å². The predicted molar refractivity (Wildman–Crippen MR) is 56.8 cm³/mol. The van der Waals surface area contributed by atoms with Crippen LogP contribution in [0.5, 0.6) is 0 Å². The van der Waals surface area contributed by atoms with Crippen molar-refractivity contribution in [3.05, 3.63) is 23.8 Å². The molecular weight excluding hydrogens is 300 g/mol. The second kappa shape index (κ2) is 5.64. The molecule has 0 saturated heterocycles. The summed E-state index contributed by atoms with van der Waals surface area (Å²) in [6, 6.07) is 0. The maximum atomic E-state index is 10.6. The molecule has 0 saturated carbocycles. The van der Waals surface area contributed by atoms with E-state index in [2.05, 4.69) is 4.97 Å². The Morgan fingerprint density at radius 1 is 1.46 bits per heavy atom. The van der Waals surface area contributed by atoms with E-state index in [9.17, 15) is 8.42 Å². The van der Waals surface area contributed by atoms with Gasteiger partial charge in [-0.05, 0) is 0 Å². The third-order valence-electron chi connectivity index (χ3n) is 1.86. The van der Waals surface area contributed by atoms with Crippen molar-refractivity contribution in [3.8, 4) is 0 Å². The minimum absolute atomic E-state index is 0.203. The summed E-state index contributed by atoms with van der Waals surface area (Å²) in [7, 11) is -2.03. The van der Waals surface area contributed by atoms with E-state index in [4.69, 9.17) is 0 Å². The van der Waals surface area contributed by atoms with Crippen molar-refractivity contribution in [1.29, 1.82) is 0 Å². The molecule has 2 nitrogen and oxygen atoms in total. The van der Waals surface area contributed by atoms with Crippen LogP contribution in [-0.2, 0) is 10.3 Å². The van der Waals surface area contributed by atoms with E-state index in [1.165, 1.54) is 10.0 Å². The summed E-state index contributed by atoms with van der Waals surface area (Å²) in [6.07, 6.45) is 7.36. The molecule has 0 N–H and O–H groups in total. The number of hydrogen-bond donors (Lipinski definition) is 0. The monoisotopic (exact) mass is 314 g/mol. The van der Waals surface area contributed by atoms with Gasteiger partial charge in [0.25, 0.3) is 0 Å². The third-order valence-corrected chi connectivity index (χ3v) is 4.34. The van der Waals surface area contributed by atoms with Crippen LogP contribution in [0.15, 0.2) is 23.8 Å². The van der Waals surface area contributed by atoms with Gasteiger partial charge in [-0.2, -0.15) is 0 Å². The SMILES string of the molecule is C[Te]CCC1=CCC(=S(=O)=O)C=C1. The first kappa shape index (κ1) is 11.0. The molecule has 1 aliphatic rings. The molecule has 1 aliphatic carbocycles. The summed E-state index contributed by atoms with van der Waals surface area (Å²) in [5, 5.41) is 0. The van der Waals surface area contributed by atoms with Gasteiger partial charge in [0.15, 0.2) is 0 Å². The Balaban J connectivity index is 2.60. The molecule has 72 valence electrons. The van der Waals surface area contributed by atoms with E-state index < -0.39 is 10.3 Å². The number of hydrogen-bond acceptors (Lipinski definition) is 2. The molecule has 0 aromatic heterocycles. The van der Waals surface area contributed by atoms with Crippen LogP contribution in [0.4, 0.5) is 0 Å². The second-order valence-electron chi connectivity index (χ2n) is 2.76. The van der Waals surface area contributed by atoms with Crippen molar-refractivity contribution in [1.82, 2.24) is 0 Å². The van der Waals surface area contributed by atoms with E-state index in [0.29, 0.717) is 11.3 Å². The molecule has 0 spiro atoms. The van der Waals surface area contributed by atoms with Gasteiger partial charge in [-0.25, -0.2) is 0 Å². The van der Waals surface area contributed by atoms with Crippen LogP contribution >= 0.6 is 0 Å². The van der Waals surface area contributed by atoms with Gasteiger partial charge in [0.2, 0.25) is 0 Å². The van der Waals surface area contributed by atoms with E-state index in [1.807, 2.05) is 12.2 Å². The zero-order chi connectivity index (χ0) is 9.68. The van der Waals surface area contributed by atoms with Crippen LogP contribution < -0.4 is 0 Å². The molecule has 0 bridgehead atoms. The third kappa shape index (κ3) is 3.68. The molecule has 0 aromatic rings. The molecule has 0 atom stereocenters. The maximum absolute atomic E-state index is 10.6. The molecule has 1 rings (SSSR count). The van der Waals surface area contributed by atoms with Crippen LogP contribution in [0, 0.1) is 0 Å². The van der Waals surface area contributed by atoms with E-state index in [1.54, 1.807) is 6.08 Å². The summed E-state index contributed by atoms with van der Waals surface area (Å²) in [6.45, 7) is 0. The molecule has 0 amide bonds. The molecular formula is C9H12O2STe. The van der Waals surface area contributed by atoms with Gasteiger partial charge in [0.1, 0.15) is 0 Å². The van der Waals surface area contributed by atoms with Gasteiger partial charge < -0.3 is 0 Å². The normalized spacial score (nSPS) is 15.8. The minimum atomic E-state index is -2.03. The van der Waals surface area contributed by atoms with Crippen LogP contribution in [0.2, 0.25) is 9.44 Å². The second-order valence-corrected chi connectivity index (χ2v) is 6.57. The summed E-state index contributed by atoms with van der Waals surface area (Å²) in [5.41, 5.74) is 1.29. The molecule has 0 fully saturated rings. The van der Waals surface area contributed by atoms with Gasteiger partial charge in [-0.1, -0.05) is 0 Å². The average Bonchev–Trinajstić information content (AvgIpc) is 2.15. The molecule has 0 heterocycles. The number of allylic oxidation sites excluding steroid dienone is 4. The van der Waals surface area contributed by atoms with Gasteiger partial charge >= 0.3 is 90.6 Å². The Hall–Kier alpha value is -0.0404. The van der Waals surface area contributed by atoms with Gasteiger partial charge in [0.05, 0.1) is 0 Å². The molecule has 0 unspecified atom stereocenters. The Kier molecular flexibility index (Phi) is 4.79. The standard InChI is InChI=1S/C9H12O2STe/c1-13-7-6-8-2-4-9(5-3-8)12(10)11/h2-4H,5-7H2,1H3. The average molecular weight is 312 g/mol. The summed E-state index contributed by atoms with van der Waals surface area (Å²) in [4.78, 5) is 2.78. The fraction of sp³-hybridized carbons (Fsp3) is 0.444. The van der Waals surface area contributed by atoms with Crippen molar-refractivity contribution in [3.63, 3.8) is 0 Å². The quantitative estimate of drug-likeness (QED) is 0.584. The molecule has 0 aromatic carbocycles. The van der Waals surface area contributed by atoms with Crippen molar-refractivity contribution in [2.45, 2.75) is 22.3 Å². The van der Waals surface area contributed by atoms with Gasteiger partial charge in [-0.3, -0.25) is 0 Å². The van der Waals surface area contributed by atoms with E-state index in [0.717, 1.165) is 6.42 Å². The first-order valence-corrected chi connectivity index (χ1v) is 9.10. The predicted octanol–water partition coefficient (Wildman–Crippen LogP) is 1.48. The summed E-state index contributed by atoms with van der Waals surface area (Å²) in [5.74, 6) is 0. The molecule has 13 heavy (non-hydrogen) atoms. The van der Waals surface area contributed by atoms with Crippen LogP contribution in [0.3, 0.4) is 0 Å². The zero-order valence-corrected chi connectivity index (χ0v) is 10.6. The summed E-state index contributed by atoms with van der Waals surface area (Å²) >= 11 is 0.203. The Labute approximate surface area is 90.3 Å². The van der Waals surface area contributed by atoms with Crippen LogP contribution in [0.25, 0.3) is 0 Å². The summed E-state index contributed by atoms with van der Waals surface area (Å²) < 4.78 is 22.4. The van der Waals surface area contributed by atoms with Crippen LogP contribution in [0.1, 0.15) is 12.8 Å². The van der Waals surface area contributed by atoms with Crippen LogP contribution in [-0.4, -0.2) is 34.2 Å². The van der Waals surface area contributed by atoms with Gasteiger partial charge in [0, 0.05) is 0 Å². The van der Waals surface area contributed by atoms with Crippen molar-refractivity contribution in [2.75, 3.05) is 0 Å². The molecule has 0 aliphatic heterocycles. The Morgan fingerprint density at radius 3 is 2.69 bits per heavy atom. The Morgan fingerprint density at radius 2 is 2.23 bits per heavy atom. The number of rotatable bonds is 3. The van der Waals surface area contributed by atoms with Crippen molar-refractivity contribution in [2.24, 2.45) is 0 Å².